The molecule has 1 aliphatic carbocycles. The summed E-state index contributed by atoms with van der Waals surface area (Å²) in [6.45, 7) is 28.8. The third-order valence-electron chi connectivity index (χ3n) is 9.48. The van der Waals surface area contributed by atoms with Crippen LogP contribution in [0.15, 0.2) is 0 Å². The van der Waals surface area contributed by atoms with E-state index in [9.17, 15) is 0 Å². The minimum atomic E-state index is -0.128. The topological polar surface area (TPSA) is 26.0 Å². The van der Waals surface area contributed by atoms with Crippen molar-refractivity contribution in [3.8, 4) is 0 Å². The van der Waals surface area contributed by atoms with Gasteiger partial charge in [-0.15, -0.1) is 0 Å². The first-order valence-corrected chi connectivity index (χ1v) is 10.7. The van der Waals surface area contributed by atoms with Crippen LogP contribution in [-0.2, 0) is 0 Å². The summed E-state index contributed by atoms with van der Waals surface area (Å²) in [5, 5.41) is 0. The van der Waals surface area contributed by atoms with Crippen LogP contribution in [0.1, 0.15) is 109 Å². The van der Waals surface area contributed by atoms with Gasteiger partial charge in [-0.25, -0.2) is 0 Å². The molecule has 0 aromatic rings. The second-order valence-corrected chi connectivity index (χ2v) is 12.2. The Hall–Kier alpha value is -0.0400. The highest BCUT2D eigenvalue weighted by Gasteiger charge is 2.60. The van der Waals surface area contributed by atoms with E-state index in [1.165, 1.54) is 19.3 Å². The predicted molar refractivity (Wildman–Crippen MR) is 114 cm³/mol. The molecule has 4 unspecified atom stereocenters. The van der Waals surface area contributed by atoms with Crippen molar-refractivity contribution in [3.63, 3.8) is 0 Å². The van der Waals surface area contributed by atoms with Crippen molar-refractivity contribution < 1.29 is 0 Å². The molecular weight excluding hydrogens is 302 g/mol. The van der Waals surface area contributed by atoms with Crippen molar-refractivity contribution in [2.45, 2.75) is 114 Å². The van der Waals surface area contributed by atoms with Gasteiger partial charge in [-0.05, 0) is 72.0 Å². The molecule has 1 heteroatoms. The van der Waals surface area contributed by atoms with Crippen molar-refractivity contribution in [1.29, 1.82) is 0 Å². The summed E-state index contributed by atoms with van der Waals surface area (Å²) in [6, 6.07) is 0. The van der Waals surface area contributed by atoms with Gasteiger partial charge < -0.3 is 5.73 Å². The van der Waals surface area contributed by atoms with Crippen LogP contribution in [0.5, 0.6) is 0 Å². The van der Waals surface area contributed by atoms with Gasteiger partial charge >= 0.3 is 0 Å². The van der Waals surface area contributed by atoms with Gasteiger partial charge in [-0.2, -0.15) is 0 Å². The molecule has 0 aromatic carbocycles. The lowest BCUT2D eigenvalue weighted by Crippen LogP contribution is -2.55. The molecule has 0 spiro atoms. The molecule has 0 aliphatic heterocycles. The SMILES string of the molecule is CCC(C)(C)C(C)(N)C(C)CC(C)(C)C1(C)CC1CC(C)(C)C(C)C. The molecule has 2 N–H and O–H groups in total. The molecule has 0 heterocycles. The largest absolute Gasteiger partial charge is 0.325 e. The number of hydrogen-bond acceptors (Lipinski definition) is 1. The highest BCUT2D eigenvalue weighted by Crippen LogP contribution is 2.68. The molecule has 1 nitrogen and oxygen atoms in total. The minimum Gasteiger partial charge on any atom is -0.325 e. The maximum Gasteiger partial charge on any atom is 0.0203 e. The van der Waals surface area contributed by atoms with E-state index >= 15 is 0 Å². The van der Waals surface area contributed by atoms with E-state index in [1.54, 1.807) is 0 Å². The Bertz CT molecular complexity index is 455. The van der Waals surface area contributed by atoms with E-state index in [0.29, 0.717) is 22.2 Å². The molecule has 150 valence electrons. The average Bonchev–Trinajstić information content (AvgIpc) is 3.09. The summed E-state index contributed by atoms with van der Waals surface area (Å²) in [7, 11) is 0. The molecule has 0 saturated heterocycles. The average molecular weight is 352 g/mol. The number of hydrogen-bond donors (Lipinski definition) is 1. The van der Waals surface area contributed by atoms with Crippen LogP contribution < -0.4 is 5.73 Å². The molecule has 4 atom stereocenters. The fourth-order valence-corrected chi connectivity index (χ4v) is 4.71. The summed E-state index contributed by atoms with van der Waals surface area (Å²) in [6.07, 6.45) is 5.10. The lowest BCUT2D eigenvalue weighted by Gasteiger charge is -2.49. The van der Waals surface area contributed by atoms with Crippen LogP contribution in [0.25, 0.3) is 0 Å². The van der Waals surface area contributed by atoms with E-state index in [0.717, 1.165) is 18.3 Å². The number of rotatable bonds is 9. The Morgan fingerprint density at radius 3 is 1.88 bits per heavy atom. The van der Waals surface area contributed by atoms with Gasteiger partial charge in [0.05, 0.1) is 0 Å². The molecule has 25 heavy (non-hydrogen) atoms. The first kappa shape index (κ1) is 23.0. The van der Waals surface area contributed by atoms with Gasteiger partial charge in [0.2, 0.25) is 0 Å². The second kappa shape index (κ2) is 6.84. The highest BCUT2D eigenvalue weighted by molar-refractivity contribution is 5.10. The lowest BCUT2D eigenvalue weighted by atomic mass is 9.60. The van der Waals surface area contributed by atoms with E-state index < -0.39 is 0 Å². The molecule has 1 rings (SSSR count). The standard InChI is InChI=1S/C24H49N/c1-13-21(7,8)24(12,25)18(4)14-22(9,10)23(11)16-19(23)15-20(5,6)17(2)3/h17-19H,13-16,25H2,1-12H3. The molecule has 0 amide bonds. The molecule has 1 fully saturated rings. The van der Waals surface area contributed by atoms with Crippen molar-refractivity contribution in [2.75, 3.05) is 0 Å². The van der Waals surface area contributed by atoms with E-state index in [-0.39, 0.29) is 11.0 Å². The first-order valence-electron chi connectivity index (χ1n) is 10.7. The molecule has 0 aromatic heterocycles. The smallest absolute Gasteiger partial charge is 0.0203 e. The normalized spacial score (nSPS) is 28.8. The van der Waals surface area contributed by atoms with Crippen LogP contribution in [0.4, 0.5) is 0 Å². The van der Waals surface area contributed by atoms with Crippen molar-refractivity contribution in [3.05, 3.63) is 0 Å². The maximum absolute atomic E-state index is 6.90. The quantitative estimate of drug-likeness (QED) is 0.463. The summed E-state index contributed by atoms with van der Waals surface area (Å²) in [5.41, 5.74) is 8.20. The predicted octanol–water partition coefficient (Wildman–Crippen LogP) is 7.29. The molecule has 1 saturated carbocycles. The third-order valence-corrected chi connectivity index (χ3v) is 9.48. The van der Waals surface area contributed by atoms with Gasteiger partial charge in [0.15, 0.2) is 0 Å². The third kappa shape index (κ3) is 4.28. The maximum atomic E-state index is 6.90. The van der Waals surface area contributed by atoms with Crippen LogP contribution in [0.2, 0.25) is 0 Å². The molecular formula is C24H49N. The summed E-state index contributed by atoms with van der Waals surface area (Å²) < 4.78 is 0. The first-order chi connectivity index (χ1) is 10.9. The van der Waals surface area contributed by atoms with Crippen LogP contribution in [0.3, 0.4) is 0 Å². The zero-order valence-corrected chi connectivity index (χ0v) is 19.6. The Kier molecular flexibility index (Phi) is 6.30. The van der Waals surface area contributed by atoms with Crippen LogP contribution in [0, 0.1) is 39.4 Å². The van der Waals surface area contributed by atoms with Gasteiger partial charge in [-0.3, -0.25) is 0 Å². The Balaban J connectivity index is 2.86. The monoisotopic (exact) mass is 351 g/mol. The number of nitrogens with two attached hydrogens (primary N) is 1. The van der Waals surface area contributed by atoms with Crippen molar-refractivity contribution >= 4 is 0 Å². The van der Waals surface area contributed by atoms with Gasteiger partial charge in [0, 0.05) is 5.54 Å². The van der Waals surface area contributed by atoms with Crippen molar-refractivity contribution in [2.24, 2.45) is 45.1 Å². The summed E-state index contributed by atoms with van der Waals surface area (Å²) in [4.78, 5) is 0. The second-order valence-electron chi connectivity index (χ2n) is 12.2. The van der Waals surface area contributed by atoms with Gasteiger partial charge in [0.1, 0.15) is 0 Å². The Morgan fingerprint density at radius 2 is 1.48 bits per heavy atom. The van der Waals surface area contributed by atoms with Crippen LogP contribution in [-0.4, -0.2) is 5.54 Å². The van der Waals surface area contributed by atoms with E-state index in [1.807, 2.05) is 0 Å². The fraction of sp³-hybridized carbons (Fsp3) is 1.00. The highest BCUT2D eigenvalue weighted by atomic mass is 14.8. The van der Waals surface area contributed by atoms with E-state index in [4.69, 9.17) is 5.73 Å². The van der Waals surface area contributed by atoms with Crippen molar-refractivity contribution in [1.82, 2.24) is 0 Å². The van der Waals surface area contributed by atoms with Gasteiger partial charge in [0.25, 0.3) is 0 Å². The zero-order valence-electron chi connectivity index (χ0n) is 19.6. The molecule has 1 aliphatic rings. The fourth-order valence-electron chi connectivity index (χ4n) is 4.71. The Morgan fingerprint density at radius 1 is 1.00 bits per heavy atom. The molecule has 0 bridgehead atoms. The lowest BCUT2D eigenvalue weighted by molar-refractivity contribution is 0.0534. The Labute approximate surface area is 159 Å². The van der Waals surface area contributed by atoms with E-state index in [2.05, 4.69) is 83.1 Å². The van der Waals surface area contributed by atoms with Gasteiger partial charge in [-0.1, -0.05) is 76.2 Å². The molecule has 0 radical (unpaired) electrons. The van der Waals surface area contributed by atoms with Crippen LogP contribution >= 0.6 is 0 Å². The summed E-state index contributed by atoms with van der Waals surface area (Å²) in [5.74, 6) is 2.14. The summed E-state index contributed by atoms with van der Waals surface area (Å²) >= 11 is 0. The minimum absolute atomic E-state index is 0.128. The zero-order chi connectivity index (χ0) is 20.1.